The smallest absolute Gasteiger partial charge is 0.156 e. The second kappa shape index (κ2) is 4.32. The number of rotatable bonds is 2. The fourth-order valence-corrected chi connectivity index (χ4v) is 2.42. The third kappa shape index (κ3) is 2.93. The molecule has 1 aliphatic carbocycles. The summed E-state index contributed by atoms with van der Waals surface area (Å²) >= 11 is 0. The molecule has 1 aromatic heterocycles. The van der Waals surface area contributed by atoms with E-state index in [1.807, 2.05) is 0 Å². The average Bonchev–Trinajstić information content (AvgIpc) is 2.18. The summed E-state index contributed by atoms with van der Waals surface area (Å²) < 4.78 is 0. The maximum atomic E-state index is 11.6. The highest BCUT2D eigenvalue weighted by Gasteiger charge is 2.27. The molecular weight excluding hydrogens is 212 g/mol. The third-order valence-corrected chi connectivity index (χ3v) is 3.08. The monoisotopic (exact) mass is 230 g/mol. The van der Waals surface area contributed by atoms with Crippen molar-refractivity contribution in [1.29, 1.82) is 0 Å². The van der Waals surface area contributed by atoms with Crippen LogP contribution in [0.4, 0.5) is 5.69 Å². The van der Waals surface area contributed by atoms with Crippen LogP contribution in [-0.2, 0) is 11.2 Å². The molecule has 0 bridgehead atoms. The fraction of sp³-hybridized carbons (Fsp3) is 0.429. The highest BCUT2D eigenvalue weighted by atomic mass is 16.1. The molecule has 0 atom stereocenters. The zero-order valence-electron chi connectivity index (χ0n) is 10.4. The van der Waals surface area contributed by atoms with Crippen molar-refractivity contribution in [1.82, 2.24) is 4.98 Å². The Kier molecular flexibility index (Phi) is 3.01. The van der Waals surface area contributed by atoms with Crippen LogP contribution in [0.5, 0.6) is 0 Å². The summed E-state index contributed by atoms with van der Waals surface area (Å²) in [5.41, 5.74) is 8.86. The SMILES string of the molecule is CC1(C)CC(=O)C=C(Cc2cnccc2N)C1. The molecule has 1 aliphatic rings. The van der Waals surface area contributed by atoms with Crippen LogP contribution in [0.2, 0.25) is 0 Å². The number of nitrogen functional groups attached to an aromatic ring is 1. The Hall–Kier alpha value is -1.64. The van der Waals surface area contributed by atoms with Gasteiger partial charge in [-0.1, -0.05) is 19.4 Å². The van der Waals surface area contributed by atoms with Crippen molar-refractivity contribution in [3.63, 3.8) is 0 Å². The molecule has 2 rings (SSSR count). The molecule has 3 nitrogen and oxygen atoms in total. The topological polar surface area (TPSA) is 56.0 Å². The summed E-state index contributed by atoms with van der Waals surface area (Å²) in [6.07, 6.45) is 7.56. The van der Waals surface area contributed by atoms with E-state index in [2.05, 4.69) is 18.8 Å². The molecule has 0 amide bonds. The molecule has 0 saturated carbocycles. The van der Waals surface area contributed by atoms with Crippen LogP contribution in [0.1, 0.15) is 32.3 Å². The first-order valence-electron chi connectivity index (χ1n) is 5.87. The molecule has 17 heavy (non-hydrogen) atoms. The van der Waals surface area contributed by atoms with Gasteiger partial charge in [0.2, 0.25) is 0 Å². The lowest BCUT2D eigenvalue weighted by Crippen LogP contribution is -2.22. The standard InChI is InChI=1S/C14H18N2O/c1-14(2)7-10(6-12(17)8-14)5-11-9-16-4-3-13(11)15/h3-4,6,9H,5,7-8H2,1-2H3,(H2,15,16). The number of carbonyl (C=O) groups excluding carboxylic acids is 1. The Morgan fingerprint density at radius 1 is 1.41 bits per heavy atom. The van der Waals surface area contributed by atoms with Crippen LogP contribution in [0.25, 0.3) is 0 Å². The number of pyridine rings is 1. The van der Waals surface area contributed by atoms with Crippen LogP contribution < -0.4 is 5.73 Å². The molecule has 0 unspecified atom stereocenters. The van der Waals surface area contributed by atoms with Crippen LogP contribution in [0.15, 0.2) is 30.1 Å². The maximum absolute atomic E-state index is 11.6. The molecule has 90 valence electrons. The highest BCUT2D eigenvalue weighted by Crippen LogP contribution is 2.35. The summed E-state index contributed by atoms with van der Waals surface area (Å²) in [5.74, 6) is 0.221. The van der Waals surface area contributed by atoms with E-state index in [1.165, 1.54) is 0 Å². The predicted molar refractivity (Wildman–Crippen MR) is 68.5 cm³/mol. The van der Waals surface area contributed by atoms with Gasteiger partial charge in [0.05, 0.1) is 0 Å². The number of hydrogen-bond donors (Lipinski definition) is 1. The van der Waals surface area contributed by atoms with E-state index in [0.717, 1.165) is 29.7 Å². The molecule has 1 aromatic rings. The minimum absolute atomic E-state index is 0.0676. The Labute approximate surface area is 102 Å². The normalized spacial score (nSPS) is 18.9. The van der Waals surface area contributed by atoms with E-state index in [-0.39, 0.29) is 11.2 Å². The summed E-state index contributed by atoms with van der Waals surface area (Å²) in [6, 6.07) is 1.80. The molecular formula is C14H18N2O. The molecule has 0 radical (unpaired) electrons. The zero-order valence-corrected chi connectivity index (χ0v) is 10.4. The second-order valence-electron chi connectivity index (χ2n) is 5.54. The Morgan fingerprint density at radius 3 is 2.82 bits per heavy atom. The molecule has 0 aliphatic heterocycles. The Bertz CT molecular complexity index is 475. The van der Waals surface area contributed by atoms with Gasteiger partial charge >= 0.3 is 0 Å². The van der Waals surface area contributed by atoms with Gasteiger partial charge in [-0.2, -0.15) is 0 Å². The van der Waals surface area contributed by atoms with E-state index < -0.39 is 0 Å². The molecule has 0 fully saturated rings. The minimum atomic E-state index is 0.0676. The summed E-state index contributed by atoms with van der Waals surface area (Å²) in [5, 5.41) is 0. The number of nitrogens with two attached hydrogens (primary N) is 1. The van der Waals surface area contributed by atoms with E-state index in [4.69, 9.17) is 5.73 Å². The number of carbonyl (C=O) groups is 1. The van der Waals surface area contributed by atoms with Gasteiger partial charge < -0.3 is 5.73 Å². The first-order chi connectivity index (χ1) is 7.96. The Morgan fingerprint density at radius 2 is 2.18 bits per heavy atom. The fourth-order valence-electron chi connectivity index (χ4n) is 2.42. The second-order valence-corrected chi connectivity index (χ2v) is 5.54. The molecule has 3 heteroatoms. The molecule has 0 aromatic carbocycles. The van der Waals surface area contributed by atoms with Crippen LogP contribution >= 0.6 is 0 Å². The number of aromatic nitrogens is 1. The third-order valence-electron chi connectivity index (χ3n) is 3.08. The van der Waals surface area contributed by atoms with Crippen molar-refractivity contribution in [2.24, 2.45) is 5.41 Å². The van der Waals surface area contributed by atoms with Gasteiger partial charge in [-0.25, -0.2) is 0 Å². The maximum Gasteiger partial charge on any atom is 0.156 e. The minimum Gasteiger partial charge on any atom is -0.398 e. The average molecular weight is 230 g/mol. The van der Waals surface area contributed by atoms with Gasteiger partial charge in [0.25, 0.3) is 0 Å². The Balaban J connectivity index is 2.20. The summed E-state index contributed by atoms with van der Waals surface area (Å²) in [6.45, 7) is 4.26. The van der Waals surface area contributed by atoms with Gasteiger partial charge in [-0.3, -0.25) is 9.78 Å². The van der Waals surface area contributed by atoms with Crippen molar-refractivity contribution in [2.75, 3.05) is 5.73 Å². The summed E-state index contributed by atoms with van der Waals surface area (Å²) in [4.78, 5) is 15.7. The van der Waals surface area contributed by atoms with Gasteiger partial charge in [0.1, 0.15) is 0 Å². The highest BCUT2D eigenvalue weighted by molar-refractivity contribution is 5.91. The molecule has 1 heterocycles. The van der Waals surface area contributed by atoms with Crippen molar-refractivity contribution in [3.05, 3.63) is 35.7 Å². The van der Waals surface area contributed by atoms with Gasteiger partial charge in [0.15, 0.2) is 5.78 Å². The molecule has 0 saturated heterocycles. The largest absolute Gasteiger partial charge is 0.398 e. The van der Waals surface area contributed by atoms with E-state index in [9.17, 15) is 4.79 Å². The number of hydrogen-bond acceptors (Lipinski definition) is 3. The lowest BCUT2D eigenvalue weighted by Gasteiger charge is -2.29. The van der Waals surface area contributed by atoms with Crippen molar-refractivity contribution >= 4 is 11.5 Å². The van der Waals surface area contributed by atoms with E-state index >= 15 is 0 Å². The molecule has 2 N–H and O–H groups in total. The van der Waals surface area contributed by atoms with Gasteiger partial charge in [0, 0.05) is 24.5 Å². The van der Waals surface area contributed by atoms with Crippen LogP contribution in [0.3, 0.4) is 0 Å². The first kappa shape index (κ1) is 11.8. The lowest BCUT2D eigenvalue weighted by molar-refractivity contribution is -0.117. The quantitative estimate of drug-likeness (QED) is 0.849. The molecule has 0 spiro atoms. The van der Waals surface area contributed by atoms with Crippen molar-refractivity contribution in [2.45, 2.75) is 33.1 Å². The first-order valence-corrected chi connectivity index (χ1v) is 5.87. The number of anilines is 1. The zero-order chi connectivity index (χ0) is 12.5. The van der Waals surface area contributed by atoms with E-state index in [1.54, 1.807) is 24.5 Å². The number of nitrogens with zero attached hydrogens (tertiary/aromatic N) is 1. The predicted octanol–water partition coefficient (Wildman–Crippen LogP) is 2.52. The number of allylic oxidation sites excluding steroid dienone is 2. The van der Waals surface area contributed by atoms with Crippen LogP contribution in [0, 0.1) is 5.41 Å². The van der Waals surface area contributed by atoms with Crippen molar-refractivity contribution in [3.8, 4) is 0 Å². The summed E-state index contributed by atoms with van der Waals surface area (Å²) in [7, 11) is 0. The van der Waals surface area contributed by atoms with Gasteiger partial charge in [-0.15, -0.1) is 0 Å². The van der Waals surface area contributed by atoms with Gasteiger partial charge in [-0.05, 0) is 36.0 Å². The van der Waals surface area contributed by atoms with Crippen molar-refractivity contribution < 1.29 is 4.79 Å². The van der Waals surface area contributed by atoms with E-state index in [0.29, 0.717) is 6.42 Å². The lowest BCUT2D eigenvalue weighted by atomic mass is 9.75. The van der Waals surface area contributed by atoms with Crippen LogP contribution in [-0.4, -0.2) is 10.8 Å². The number of ketones is 1.